The molecule has 1 atom stereocenters. The van der Waals surface area contributed by atoms with E-state index in [9.17, 15) is 4.39 Å². The first kappa shape index (κ1) is 16.1. The Morgan fingerprint density at radius 3 is 2.35 bits per heavy atom. The highest BCUT2D eigenvalue weighted by atomic mass is 79.9. The summed E-state index contributed by atoms with van der Waals surface area (Å²) in [5.41, 5.74) is 1.64. The molecule has 2 aromatic carbocycles. The van der Waals surface area contributed by atoms with E-state index in [1.807, 2.05) is 37.3 Å². The minimum absolute atomic E-state index is 0.189. The van der Waals surface area contributed by atoms with E-state index in [4.69, 9.17) is 0 Å². The molecule has 106 valence electrons. The second kappa shape index (κ2) is 7.16. The van der Waals surface area contributed by atoms with Crippen LogP contribution in [0.25, 0.3) is 0 Å². The zero-order valence-electron chi connectivity index (χ0n) is 10.8. The van der Waals surface area contributed by atoms with Crippen LogP contribution in [0.2, 0.25) is 0 Å². The second-order valence-electron chi connectivity index (χ2n) is 4.34. The molecule has 1 unspecified atom stereocenters. The van der Waals surface area contributed by atoms with Crippen LogP contribution in [0.5, 0.6) is 0 Å². The summed E-state index contributed by atoms with van der Waals surface area (Å²) in [5, 5.41) is 3.34. The van der Waals surface area contributed by atoms with Gasteiger partial charge in [0.05, 0.1) is 10.5 Å². The van der Waals surface area contributed by atoms with E-state index in [-0.39, 0.29) is 11.9 Å². The second-order valence-corrected chi connectivity index (χ2v) is 7.02. The Bertz CT molecular complexity index is 596. The Hall–Kier alpha value is -0.230. The van der Waals surface area contributed by atoms with Crippen molar-refractivity contribution in [1.29, 1.82) is 0 Å². The first-order valence-corrected chi connectivity index (χ1v) is 8.54. The molecule has 0 aliphatic heterocycles. The molecule has 0 aromatic heterocycles. The fourth-order valence-electron chi connectivity index (χ4n) is 2.10. The highest BCUT2D eigenvalue weighted by Crippen LogP contribution is 2.31. The zero-order chi connectivity index (χ0) is 14.7. The number of halogens is 4. The van der Waals surface area contributed by atoms with Gasteiger partial charge in [0.1, 0.15) is 5.82 Å². The van der Waals surface area contributed by atoms with Crippen LogP contribution in [-0.2, 0) is 0 Å². The van der Waals surface area contributed by atoms with Gasteiger partial charge in [-0.15, -0.1) is 0 Å². The maximum atomic E-state index is 14.4. The molecule has 0 radical (unpaired) electrons. The molecule has 20 heavy (non-hydrogen) atoms. The van der Waals surface area contributed by atoms with Crippen LogP contribution in [0.15, 0.2) is 49.8 Å². The molecule has 0 saturated heterocycles. The Balaban J connectivity index is 2.53. The fraction of sp³-hybridized carbons (Fsp3) is 0.200. The van der Waals surface area contributed by atoms with Crippen molar-refractivity contribution in [1.82, 2.24) is 5.32 Å². The van der Waals surface area contributed by atoms with Gasteiger partial charge in [0.15, 0.2) is 0 Å². The Labute approximate surface area is 143 Å². The summed E-state index contributed by atoms with van der Waals surface area (Å²) in [6.45, 7) is 2.76. The summed E-state index contributed by atoms with van der Waals surface area (Å²) in [5.74, 6) is -0.227. The maximum Gasteiger partial charge on any atom is 0.142 e. The molecular formula is C15H13Br3FN. The van der Waals surface area contributed by atoms with E-state index in [1.165, 1.54) is 0 Å². The molecule has 1 N–H and O–H groups in total. The number of benzene rings is 2. The Morgan fingerprint density at radius 1 is 1.10 bits per heavy atom. The molecule has 0 spiro atoms. The molecule has 0 amide bonds. The smallest absolute Gasteiger partial charge is 0.142 e. The maximum absolute atomic E-state index is 14.4. The molecule has 5 heteroatoms. The molecule has 0 bridgehead atoms. The largest absolute Gasteiger partial charge is 0.306 e. The molecule has 0 aliphatic rings. The van der Waals surface area contributed by atoms with Crippen LogP contribution < -0.4 is 5.32 Å². The minimum Gasteiger partial charge on any atom is -0.306 e. The zero-order valence-corrected chi connectivity index (χ0v) is 15.5. The van der Waals surface area contributed by atoms with Gasteiger partial charge in [-0.2, -0.15) is 0 Å². The monoisotopic (exact) mass is 463 g/mol. The Morgan fingerprint density at radius 2 is 1.75 bits per heavy atom. The first-order chi connectivity index (χ1) is 9.52. The predicted molar refractivity (Wildman–Crippen MR) is 91.5 cm³/mol. The third kappa shape index (κ3) is 3.70. The summed E-state index contributed by atoms with van der Waals surface area (Å²) in [6.07, 6.45) is 0. The predicted octanol–water partition coefficient (Wildman–Crippen LogP) is 5.81. The lowest BCUT2D eigenvalue weighted by Gasteiger charge is -2.20. The highest BCUT2D eigenvalue weighted by molar-refractivity contribution is 9.11. The Kier molecular flexibility index (Phi) is 5.78. The summed E-state index contributed by atoms with van der Waals surface area (Å²) < 4.78 is 16.7. The van der Waals surface area contributed by atoms with Crippen LogP contribution in [-0.4, -0.2) is 6.54 Å². The molecule has 0 aliphatic carbocycles. The van der Waals surface area contributed by atoms with Gasteiger partial charge in [-0.25, -0.2) is 4.39 Å². The van der Waals surface area contributed by atoms with E-state index in [0.29, 0.717) is 10.0 Å². The number of nitrogens with one attached hydrogen (secondary N) is 1. The molecule has 2 rings (SSSR count). The molecular weight excluding hydrogens is 453 g/mol. The van der Waals surface area contributed by atoms with Crippen molar-refractivity contribution in [2.45, 2.75) is 13.0 Å². The number of hydrogen-bond donors (Lipinski definition) is 1. The van der Waals surface area contributed by atoms with Crippen molar-refractivity contribution in [3.05, 3.63) is 66.8 Å². The lowest BCUT2D eigenvalue weighted by molar-refractivity contribution is 0.554. The topological polar surface area (TPSA) is 12.0 Å². The molecule has 0 saturated carbocycles. The standard InChI is InChI=1S/C15H13Br3FN/c1-2-20-15(9-6-10(16)8-11(17)7-9)12-4-3-5-13(18)14(12)19/h3-8,15,20H,2H2,1H3. The van der Waals surface area contributed by atoms with Crippen LogP contribution in [0.4, 0.5) is 4.39 Å². The van der Waals surface area contributed by atoms with Gasteiger partial charge in [0.25, 0.3) is 0 Å². The van der Waals surface area contributed by atoms with Crippen molar-refractivity contribution < 1.29 is 4.39 Å². The first-order valence-electron chi connectivity index (χ1n) is 6.16. The minimum atomic E-state index is -0.227. The van der Waals surface area contributed by atoms with Gasteiger partial charge in [-0.1, -0.05) is 50.9 Å². The number of rotatable bonds is 4. The van der Waals surface area contributed by atoms with Crippen molar-refractivity contribution >= 4 is 47.8 Å². The van der Waals surface area contributed by atoms with Gasteiger partial charge in [0.2, 0.25) is 0 Å². The quantitative estimate of drug-likeness (QED) is 0.600. The van der Waals surface area contributed by atoms with Crippen LogP contribution >= 0.6 is 47.8 Å². The van der Waals surface area contributed by atoms with Gasteiger partial charge in [0, 0.05) is 14.5 Å². The molecule has 0 heterocycles. The van der Waals surface area contributed by atoms with Crippen LogP contribution in [0, 0.1) is 5.82 Å². The van der Waals surface area contributed by atoms with Crippen molar-refractivity contribution in [3.63, 3.8) is 0 Å². The van der Waals surface area contributed by atoms with E-state index in [2.05, 4.69) is 53.1 Å². The van der Waals surface area contributed by atoms with Gasteiger partial charge in [-0.3, -0.25) is 0 Å². The molecule has 1 nitrogen and oxygen atoms in total. The van der Waals surface area contributed by atoms with Crippen molar-refractivity contribution in [2.24, 2.45) is 0 Å². The van der Waals surface area contributed by atoms with E-state index in [1.54, 1.807) is 6.07 Å². The van der Waals surface area contributed by atoms with E-state index < -0.39 is 0 Å². The fourth-order valence-corrected chi connectivity index (χ4v) is 3.81. The van der Waals surface area contributed by atoms with E-state index in [0.717, 1.165) is 21.1 Å². The highest BCUT2D eigenvalue weighted by Gasteiger charge is 2.19. The summed E-state index contributed by atoms with van der Waals surface area (Å²) in [6, 6.07) is 11.1. The third-order valence-corrected chi connectivity index (χ3v) is 4.45. The number of hydrogen-bond acceptors (Lipinski definition) is 1. The average molecular weight is 466 g/mol. The SMILES string of the molecule is CCNC(c1cc(Br)cc(Br)c1)c1cccc(Br)c1F. The van der Waals surface area contributed by atoms with E-state index >= 15 is 0 Å². The van der Waals surface area contributed by atoms with Crippen LogP contribution in [0.3, 0.4) is 0 Å². The lowest BCUT2D eigenvalue weighted by Crippen LogP contribution is -2.23. The van der Waals surface area contributed by atoms with Crippen molar-refractivity contribution in [2.75, 3.05) is 6.54 Å². The summed E-state index contributed by atoms with van der Waals surface area (Å²) in [7, 11) is 0. The van der Waals surface area contributed by atoms with Gasteiger partial charge in [-0.05, 0) is 52.3 Å². The van der Waals surface area contributed by atoms with Crippen LogP contribution in [0.1, 0.15) is 24.1 Å². The molecule has 0 fully saturated rings. The summed E-state index contributed by atoms with van der Waals surface area (Å²) >= 11 is 10.2. The normalized spacial score (nSPS) is 12.4. The average Bonchev–Trinajstić information content (AvgIpc) is 2.38. The third-order valence-electron chi connectivity index (χ3n) is 2.92. The lowest BCUT2D eigenvalue weighted by atomic mass is 9.98. The molecule has 2 aromatic rings. The summed E-state index contributed by atoms with van der Waals surface area (Å²) in [4.78, 5) is 0. The van der Waals surface area contributed by atoms with Gasteiger partial charge >= 0.3 is 0 Å². The van der Waals surface area contributed by atoms with Gasteiger partial charge < -0.3 is 5.32 Å². The van der Waals surface area contributed by atoms with Crippen molar-refractivity contribution in [3.8, 4) is 0 Å².